The van der Waals surface area contributed by atoms with Gasteiger partial charge in [0.25, 0.3) is 5.69 Å². The fourth-order valence-corrected chi connectivity index (χ4v) is 2.65. The van der Waals surface area contributed by atoms with Crippen LogP contribution in [0.5, 0.6) is 11.5 Å². The minimum atomic E-state index is -0.509. The van der Waals surface area contributed by atoms with E-state index in [1.54, 1.807) is 0 Å². The lowest BCUT2D eigenvalue weighted by atomic mass is 10.0. The number of methoxy groups -OCH3 is 1. The molecule has 0 bridgehead atoms. The number of fused-ring (bicyclic) bond motifs is 1. The van der Waals surface area contributed by atoms with Gasteiger partial charge < -0.3 is 13.9 Å². The van der Waals surface area contributed by atoms with E-state index in [0.717, 1.165) is 16.5 Å². The van der Waals surface area contributed by atoms with Gasteiger partial charge in [-0.3, -0.25) is 10.1 Å². The van der Waals surface area contributed by atoms with Gasteiger partial charge in [-0.2, -0.15) is 0 Å². The average Bonchev–Trinajstić information content (AvgIpc) is 2.60. The number of nitro benzene ring substituents is 1. The highest BCUT2D eigenvalue weighted by atomic mass is 16.6. The number of hydrogen-bond acceptors (Lipinski definition) is 6. The molecule has 0 atom stereocenters. The molecule has 1 heterocycles. The largest absolute Gasteiger partial charge is 0.493 e. The molecule has 2 aromatic carbocycles. The van der Waals surface area contributed by atoms with E-state index >= 15 is 0 Å². The summed E-state index contributed by atoms with van der Waals surface area (Å²) in [5.74, 6) is 0.599. The van der Waals surface area contributed by atoms with Gasteiger partial charge in [0.2, 0.25) is 0 Å². The first kappa shape index (κ1) is 17.5. The van der Waals surface area contributed by atoms with Crippen LogP contribution in [0.15, 0.2) is 45.6 Å². The standard InChI is InChI=1S/C19H17NO6/c1-11-6-15-13(8-19(21)26-17(15)7-12(11)2)10-25-18-9-14(20(22)23)4-5-16(18)24-3/h4-9H,10H2,1-3H3. The molecule has 26 heavy (non-hydrogen) atoms. The predicted molar refractivity (Wildman–Crippen MR) is 95.9 cm³/mol. The molecule has 3 aromatic rings. The van der Waals surface area contributed by atoms with Crippen molar-refractivity contribution >= 4 is 16.7 Å². The summed E-state index contributed by atoms with van der Waals surface area (Å²) in [5.41, 5.74) is 2.59. The van der Waals surface area contributed by atoms with Crippen molar-refractivity contribution in [3.8, 4) is 11.5 Å². The normalized spacial score (nSPS) is 10.7. The predicted octanol–water partition coefficient (Wildman–Crippen LogP) is 3.91. The second-order valence-corrected chi connectivity index (χ2v) is 5.90. The van der Waals surface area contributed by atoms with Gasteiger partial charge in [-0.15, -0.1) is 0 Å². The monoisotopic (exact) mass is 355 g/mol. The second kappa shape index (κ2) is 6.87. The molecular weight excluding hydrogens is 338 g/mol. The van der Waals surface area contributed by atoms with E-state index in [9.17, 15) is 14.9 Å². The van der Waals surface area contributed by atoms with Gasteiger partial charge in [0.05, 0.1) is 18.1 Å². The van der Waals surface area contributed by atoms with E-state index in [4.69, 9.17) is 13.9 Å². The number of ether oxygens (including phenoxy) is 2. The Morgan fingerprint density at radius 3 is 2.50 bits per heavy atom. The van der Waals surface area contributed by atoms with Gasteiger partial charge in [0.15, 0.2) is 11.5 Å². The van der Waals surface area contributed by atoms with Crippen molar-refractivity contribution in [2.45, 2.75) is 20.5 Å². The molecule has 0 saturated heterocycles. The van der Waals surface area contributed by atoms with Crippen LogP contribution in [0.1, 0.15) is 16.7 Å². The van der Waals surface area contributed by atoms with Gasteiger partial charge in [-0.05, 0) is 43.2 Å². The Kier molecular flexibility index (Phi) is 4.62. The molecule has 7 heteroatoms. The van der Waals surface area contributed by atoms with Crippen LogP contribution in [0.4, 0.5) is 5.69 Å². The molecule has 0 radical (unpaired) electrons. The maximum Gasteiger partial charge on any atom is 0.336 e. The number of nitro groups is 1. The van der Waals surface area contributed by atoms with Gasteiger partial charge in [0, 0.05) is 23.1 Å². The van der Waals surface area contributed by atoms with Crippen LogP contribution in [-0.2, 0) is 6.61 Å². The van der Waals surface area contributed by atoms with Gasteiger partial charge in [0.1, 0.15) is 12.2 Å². The molecule has 0 aliphatic rings. The summed E-state index contributed by atoms with van der Waals surface area (Å²) in [4.78, 5) is 22.3. The fraction of sp³-hybridized carbons (Fsp3) is 0.211. The van der Waals surface area contributed by atoms with E-state index < -0.39 is 10.5 Å². The molecule has 0 unspecified atom stereocenters. The van der Waals surface area contributed by atoms with Gasteiger partial charge >= 0.3 is 5.63 Å². The topological polar surface area (TPSA) is 91.8 Å². The smallest absolute Gasteiger partial charge is 0.336 e. The quantitative estimate of drug-likeness (QED) is 0.391. The van der Waals surface area contributed by atoms with Crippen molar-refractivity contribution in [3.05, 3.63) is 73.6 Å². The lowest BCUT2D eigenvalue weighted by molar-refractivity contribution is -0.385. The maximum absolute atomic E-state index is 11.8. The Hall–Kier alpha value is -3.35. The molecule has 134 valence electrons. The minimum absolute atomic E-state index is 0.0438. The number of hydrogen-bond donors (Lipinski definition) is 0. The fourth-order valence-electron chi connectivity index (χ4n) is 2.65. The van der Waals surface area contributed by atoms with Crippen molar-refractivity contribution in [1.29, 1.82) is 0 Å². The lowest BCUT2D eigenvalue weighted by Crippen LogP contribution is -2.05. The number of rotatable bonds is 5. The zero-order valence-corrected chi connectivity index (χ0v) is 14.6. The number of nitrogens with zero attached hydrogens (tertiary/aromatic N) is 1. The highest BCUT2D eigenvalue weighted by molar-refractivity contribution is 5.81. The van der Waals surface area contributed by atoms with Crippen LogP contribution in [-0.4, -0.2) is 12.0 Å². The van der Waals surface area contributed by atoms with Crippen molar-refractivity contribution in [2.24, 2.45) is 0 Å². The van der Waals surface area contributed by atoms with Crippen LogP contribution < -0.4 is 15.1 Å². The Labute approximate surface area is 148 Å². The zero-order chi connectivity index (χ0) is 18.8. The molecule has 0 aliphatic carbocycles. The summed E-state index contributed by atoms with van der Waals surface area (Å²) in [6.07, 6.45) is 0. The van der Waals surface area contributed by atoms with Crippen LogP contribution >= 0.6 is 0 Å². The van der Waals surface area contributed by atoms with Gasteiger partial charge in [-0.1, -0.05) is 0 Å². The summed E-state index contributed by atoms with van der Waals surface area (Å²) in [6, 6.07) is 9.20. The number of aryl methyl sites for hydroxylation is 2. The molecule has 1 aromatic heterocycles. The van der Waals surface area contributed by atoms with Crippen LogP contribution in [0.3, 0.4) is 0 Å². The highest BCUT2D eigenvalue weighted by Gasteiger charge is 2.14. The molecule has 0 saturated carbocycles. The number of non-ortho nitro benzene ring substituents is 1. The summed E-state index contributed by atoms with van der Waals surface area (Å²) in [5, 5.41) is 11.7. The second-order valence-electron chi connectivity index (χ2n) is 5.90. The van der Waals surface area contributed by atoms with E-state index in [-0.39, 0.29) is 18.0 Å². The van der Waals surface area contributed by atoms with Crippen molar-refractivity contribution in [3.63, 3.8) is 0 Å². The molecule has 3 rings (SSSR count). The van der Waals surface area contributed by atoms with Crippen molar-refractivity contribution < 1.29 is 18.8 Å². The Balaban J connectivity index is 2.00. The van der Waals surface area contributed by atoms with E-state index in [1.807, 2.05) is 26.0 Å². The molecule has 0 aliphatic heterocycles. The number of benzene rings is 2. The first-order chi connectivity index (χ1) is 12.4. The van der Waals surface area contributed by atoms with E-state index in [2.05, 4.69) is 0 Å². The molecule has 0 spiro atoms. The Bertz CT molecular complexity index is 1050. The SMILES string of the molecule is COc1ccc([N+](=O)[O-])cc1OCc1cc(=O)oc2cc(C)c(C)cc12. The maximum atomic E-state index is 11.8. The third kappa shape index (κ3) is 3.37. The van der Waals surface area contributed by atoms with Crippen LogP contribution in [0.25, 0.3) is 11.0 Å². The van der Waals surface area contributed by atoms with Crippen LogP contribution in [0.2, 0.25) is 0 Å². The third-order valence-electron chi connectivity index (χ3n) is 4.19. The first-order valence-electron chi connectivity index (χ1n) is 7.88. The lowest BCUT2D eigenvalue weighted by Gasteiger charge is -2.12. The molecule has 7 nitrogen and oxygen atoms in total. The zero-order valence-electron chi connectivity index (χ0n) is 14.6. The summed E-state index contributed by atoms with van der Waals surface area (Å²) >= 11 is 0. The highest BCUT2D eigenvalue weighted by Crippen LogP contribution is 2.32. The first-order valence-corrected chi connectivity index (χ1v) is 7.88. The third-order valence-corrected chi connectivity index (χ3v) is 4.19. The van der Waals surface area contributed by atoms with Gasteiger partial charge in [-0.25, -0.2) is 4.79 Å². The van der Waals surface area contributed by atoms with Crippen LogP contribution in [0, 0.1) is 24.0 Å². The average molecular weight is 355 g/mol. The van der Waals surface area contributed by atoms with Crippen molar-refractivity contribution in [1.82, 2.24) is 0 Å². The molecular formula is C19H17NO6. The molecule has 0 amide bonds. The summed E-state index contributed by atoms with van der Waals surface area (Å²) in [6.45, 7) is 3.95. The van der Waals surface area contributed by atoms with E-state index in [1.165, 1.54) is 31.4 Å². The van der Waals surface area contributed by atoms with Crippen molar-refractivity contribution in [2.75, 3.05) is 7.11 Å². The summed E-state index contributed by atoms with van der Waals surface area (Å²) in [7, 11) is 1.45. The molecule has 0 N–H and O–H groups in total. The summed E-state index contributed by atoms with van der Waals surface area (Å²) < 4.78 is 16.2. The van der Waals surface area contributed by atoms with E-state index in [0.29, 0.717) is 16.9 Å². The Morgan fingerprint density at radius 1 is 1.08 bits per heavy atom. The molecule has 0 fully saturated rings. The minimum Gasteiger partial charge on any atom is -0.493 e. The Morgan fingerprint density at radius 2 is 1.81 bits per heavy atom.